The molecule has 0 aliphatic rings. The molecule has 4 nitrogen and oxygen atoms in total. The molecule has 0 spiro atoms. The Kier molecular flexibility index (Phi) is 3.13. The first-order valence-corrected chi connectivity index (χ1v) is 6.35. The lowest BCUT2D eigenvalue weighted by Crippen LogP contribution is -2.02. The Balaban J connectivity index is 2.19. The van der Waals surface area contributed by atoms with E-state index in [2.05, 4.69) is 15.0 Å². The molecule has 98 valence electrons. The maximum atomic E-state index is 6.12. The molecule has 0 aliphatic heterocycles. The van der Waals surface area contributed by atoms with Crippen LogP contribution in [-0.2, 0) is 0 Å². The Morgan fingerprint density at radius 2 is 1.55 bits per heavy atom. The fourth-order valence-electron chi connectivity index (χ4n) is 2.03. The van der Waals surface area contributed by atoms with Gasteiger partial charge in [-0.1, -0.05) is 30.3 Å². The normalized spacial score (nSPS) is 10.4. The minimum absolute atomic E-state index is 0.607. The monoisotopic (exact) mass is 262 g/mol. The molecule has 1 aromatic carbocycles. The lowest BCUT2D eigenvalue weighted by Gasteiger charge is -2.10. The summed E-state index contributed by atoms with van der Waals surface area (Å²) >= 11 is 0. The van der Waals surface area contributed by atoms with Gasteiger partial charge in [-0.05, 0) is 19.1 Å². The van der Waals surface area contributed by atoms with Crippen LogP contribution in [0.15, 0.2) is 54.9 Å². The van der Waals surface area contributed by atoms with Gasteiger partial charge in [-0.2, -0.15) is 0 Å². The molecule has 2 aromatic heterocycles. The molecule has 0 unspecified atom stereocenters. The number of aryl methyl sites for hydroxylation is 1. The van der Waals surface area contributed by atoms with Crippen molar-refractivity contribution in [2.24, 2.45) is 0 Å². The second-order valence-electron chi connectivity index (χ2n) is 4.50. The number of benzene rings is 1. The van der Waals surface area contributed by atoms with Crippen LogP contribution in [0.1, 0.15) is 5.69 Å². The number of nitrogens with two attached hydrogens (primary N) is 1. The van der Waals surface area contributed by atoms with E-state index in [1.54, 1.807) is 12.4 Å². The summed E-state index contributed by atoms with van der Waals surface area (Å²) in [5, 5.41) is 0. The molecule has 0 fully saturated rings. The van der Waals surface area contributed by atoms with Gasteiger partial charge in [0.15, 0.2) is 5.82 Å². The van der Waals surface area contributed by atoms with E-state index in [1.807, 2.05) is 49.4 Å². The maximum absolute atomic E-state index is 6.12. The smallest absolute Gasteiger partial charge is 0.160 e. The zero-order chi connectivity index (χ0) is 13.9. The van der Waals surface area contributed by atoms with Crippen LogP contribution in [0.2, 0.25) is 0 Å². The number of anilines is 1. The van der Waals surface area contributed by atoms with Crippen molar-refractivity contribution < 1.29 is 0 Å². The summed E-state index contributed by atoms with van der Waals surface area (Å²) in [6.07, 6.45) is 3.46. The SMILES string of the molecule is Cc1nc(-c2ccccc2)nc(-c2ccncc2)c1N. The van der Waals surface area contributed by atoms with Crippen LogP contribution in [0.3, 0.4) is 0 Å². The number of hydrogen-bond donors (Lipinski definition) is 1. The molecule has 0 aliphatic carbocycles. The third-order valence-corrected chi connectivity index (χ3v) is 3.12. The third kappa shape index (κ3) is 2.23. The summed E-state index contributed by atoms with van der Waals surface area (Å²) in [6, 6.07) is 13.7. The average molecular weight is 262 g/mol. The van der Waals surface area contributed by atoms with Crippen molar-refractivity contribution in [3.05, 3.63) is 60.6 Å². The van der Waals surface area contributed by atoms with Gasteiger partial charge in [0, 0.05) is 23.5 Å². The minimum atomic E-state index is 0.607. The average Bonchev–Trinajstić information content (AvgIpc) is 2.51. The first kappa shape index (κ1) is 12.3. The van der Waals surface area contributed by atoms with Crippen molar-refractivity contribution in [3.63, 3.8) is 0 Å². The Bertz CT molecular complexity index is 724. The van der Waals surface area contributed by atoms with Gasteiger partial charge in [0.05, 0.1) is 17.1 Å². The molecule has 0 atom stereocenters. The van der Waals surface area contributed by atoms with Gasteiger partial charge in [0.1, 0.15) is 0 Å². The van der Waals surface area contributed by atoms with E-state index in [0.29, 0.717) is 11.5 Å². The fraction of sp³-hybridized carbons (Fsp3) is 0.0625. The first-order chi connectivity index (χ1) is 9.75. The summed E-state index contributed by atoms with van der Waals surface area (Å²) in [7, 11) is 0. The molecule has 0 amide bonds. The van der Waals surface area contributed by atoms with Crippen molar-refractivity contribution in [2.75, 3.05) is 5.73 Å². The number of nitrogen functional groups attached to an aromatic ring is 1. The number of hydrogen-bond acceptors (Lipinski definition) is 4. The molecule has 3 aromatic rings. The maximum Gasteiger partial charge on any atom is 0.160 e. The molecule has 0 saturated carbocycles. The van der Waals surface area contributed by atoms with E-state index in [1.165, 1.54) is 0 Å². The van der Waals surface area contributed by atoms with Gasteiger partial charge < -0.3 is 5.73 Å². The van der Waals surface area contributed by atoms with Crippen molar-refractivity contribution in [2.45, 2.75) is 6.92 Å². The van der Waals surface area contributed by atoms with Crippen molar-refractivity contribution in [1.82, 2.24) is 15.0 Å². The van der Waals surface area contributed by atoms with Gasteiger partial charge >= 0.3 is 0 Å². The predicted octanol–water partition coefficient (Wildman–Crippen LogP) is 3.10. The number of rotatable bonds is 2. The van der Waals surface area contributed by atoms with E-state index in [4.69, 9.17) is 5.73 Å². The molecular formula is C16H14N4. The molecule has 20 heavy (non-hydrogen) atoms. The van der Waals surface area contributed by atoms with Gasteiger partial charge in [-0.15, -0.1) is 0 Å². The summed E-state index contributed by atoms with van der Waals surface area (Å²) in [4.78, 5) is 13.1. The van der Waals surface area contributed by atoms with Crippen LogP contribution in [0.25, 0.3) is 22.6 Å². The van der Waals surface area contributed by atoms with Crippen molar-refractivity contribution >= 4 is 5.69 Å². The van der Waals surface area contributed by atoms with E-state index in [0.717, 1.165) is 22.5 Å². The zero-order valence-electron chi connectivity index (χ0n) is 11.1. The van der Waals surface area contributed by atoms with Crippen LogP contribution < -0.4 is 5.73 Å². The topological polar surface area (TPSA) is 64.7 Å². The summed E-state index contributed by atoms with van der Waals surface area (Å²) in [6.45, 7) is 1.90. The molecule has 4 heteroatoms. The minimum Gasteiger partial charge on any atom is -0.395 e. The lowest BCUT2D eigenvalue weighted by molar-refractivity contribution is 1.12. The Labute approximate surface area is 117 Å². The lowest BCUT2D eigenvalue weighted by atomic mass is 10.1. The van der Waals surface area contributed by atoms with Crippen molar-refractivity contribution in [3.8, 4) is 22.6 Å². The van der Waals surface area contributed by atoms with E-state index in [9.17, 15) is 0 Å². The molecule has 2 N–H and O–H groups in total. The Morgan fingerprint density at radius 3 is 2.25 bits per heavy atom. The second kappa shape index (κ2) is 5.09. The number of nitrogens with zero attached hydrogens (tertiary/aromatic N) is 3. The van der Waals surface area contributed by atoms with Gasteiger partial charge in [0.2, 0.25) is 0 Å². The molecule has 3 rings (SSSR count). The third-order valence-electron chi connectivity index (χ3n) is 3.12. The van der Waals surface area contributed by atoms with Crippen LogP contribution in [-0.4, -0.2) is 15.0 Å². The molecule has 0 bridgehead atoms. The molecule has 2 heterocycles. The van der Waals surface area contributed by atoms with Crippen LogP contribution in [0.5, 0.6) is 0 Å². The summed E-state index contributed by atoms with van der Waals surface area (Å²) in [5.41, 5.74) is 10.2. The van der Waals surface area contributed by atoms with Crippen molar-refractivity contribution in [1.29, 1.82) is 0 Å². The standard InChI is InChI=1S/C16H14N4/c1-11-14(17)15(12-7-9-18-10-8-12)20-16(19-11)13-5-3-2-4-6-13/h2-10H,17H2,1H3. The van der Waals surface area contributed by atoms with Gasteiger partial charge in [0.25, 0.3) is 0 Å². The molecule has 0 saturated heterocycles. The largest absolute Gasteiger partial charge is 0.395 e. The quantitative estimate of drug-likeness (QED) is 0.770. The Morgan fingerprint density at radius 1 is 0.850 bits per heavy atom. The number of pyridine rings is 1. The van der Waals surface area contributed by atoms with E-state index >= 15 is 0 Å². The zero-order valence-corrected chi connectivity index (χ0v) is 11.1. The van der Waals surface area contributed by atoms with E-state index < -0.39 is 0 Å². The highest BCUT2D eigenvalue weighted by molar-refractivity contribution is 5.75. The highest BCUT2D eigenvalue weighted by Crippen LogP contribution is 2.27. The van der Waals surface area contributed by atoms with Crippen LogP contribution in [0, 0.1) is 6.92 Å². The molecular weight excluding hydrogens is 248 g/mol. The fourth-order valence-corrected chi connectivity index (χ4v) is 2.03. The Hall–Kier alpha value is -2.75. The number of aromatic nitrogens is 3. The second-order valence-corrected chi connectivity index (χ2v) is 4.50. The highest BCUT2D eigenvalue weighted by atomic mass is 14.9. The predicted molar refractivity (Wildman–Crippen MR) is 79.8 cm³/mol. The van der Waals surface area contributed by atoms with Crippen LogP contribution >= 0.6 is 0 Å². The van der Waals surface area contributed by atoms with Gasteiger partial charge in [-0.25, -0.2) is 9.97 Å². The first-order valence-electron chi connectivity index (χ1n) is 6.35. The molecule has 0 radical (unpaired) electrons. The highest BCUT2D eigenvalue weighted by Gasteiger charge is 2.11. The summed E-state index contributed by atoms with van der Waals surface area (Å²) < 4.78 is 0. The van der Waals surface area contributed by atoms with E-state index in [-0.39, 0.29) is 0 Å². The van der Waals surface area contributed by atoms with Gasteiger partial charge in [-0.3, -0.25) is 4.98 Å². The summed E-state index contributed by atoms with van der Waals surface area (Å²) in [5.74, 6) is 0.684. The van der Waals surface area contributed by atoms with Crippen LogP contribution in [0.4, 0.5) is 5.69 Å².